The number of carbonyl (C=O) groups excluding carboxylic acids is 1. The van der Waals surface area contributed by atoms with E-state index in [0.717, 1.165) is 12.3 Å². The Morgan fingerprint density at radius 3 is 2.76 bits per heavy atom. The van der Waals surface area contributed by atoms with Crippen LogP contribution in [0.5, 0.6) is 0 Å². The second-order valence-electron chi connectivity index (χ2n) is 4.32. The third-order valence-corrected chi connectivity index (χ3v) is 2.73. The topological polar surface area (TPSA) is 111 Å². The van der Waals surface area contributed by atoms with E-state index in [0.29, 0.717) is 5.56 Å². The summed E-state index contributed by atoms with van der Waals surface area (Å²) in [5, 5.41) is 13.0. The van der Waals surface area contributed by atoms with Gasteiger partial charge in [0.25, 0.3) is 11.6 Å². The van der Waals surface area contributed by atoms with Crippen molar-refractivity contribution in [2.75, 3.05) is 11.1 Å². The molecule has 0 radical (unpaired) electrons. The van der Waals surface area contributed by atoms with Crippen LogP contribution in [0.2, 0.25) is 0 Å². The molecular formula is C13H11FN4O3. The zero-order valence-electron chi connectivity index (χ0n) is 11.0. The van der Waals surface area contributed by atoms with Gasteiger partial charge in [0.05, 0.1) is 16.2 Å². The summed E-state index contributed by atoms with van der Waals surface area (Å²) >= 11 is 0. The van der Waals surface area contributed by atoms with Crippen LogP contribution in [-0.2, 0) is 0 Å². The number of rotatable bonds is 3. The molecule has 0 aliphatic carbocycles. The van der Waals surface area contributed by atoms with E-state index in [1.54, 1.807) is 13.0 Å². The summed E-state index contributed by atoms with van der Waals surface area (Å²) in [6, 6.07) is 5.26. The molecular weight excluding hydrogens is 279 g/mol. The van der Waals surface area contributed by atoms with Crippen LogP contribution in [0.1, 0.15) is 15.9 Å². The van der Waals surface area contributed by atoms with Crippen LogP contribution in [0, 0.1) is 22.9 Å². The van der Waals surface area contributed by atoms with E-state index < -0.39 is 16.6 Å². The summed E-state index contributed by atoms with van der Waals surface area (Å²) in [7, 11) is 0. The van der Waals surface area contributed by atoms with Crippen molar-refractivity contribution in [3.63, 3.8) is 0 Å². The highest BCUT2D eigenvalue weighted by atomic mass is 19.1. The molecule has 8 heteroatoms. The van der Waals surface area contributed by atoms with Crippen LogP contribution in [0.3, 0.4) is 0 Å². The molecule has 21 heavy (non-hydrogen) atoms. The van der Waals surface area contributed by atoms with E-state index in [2.05, 4.69) is 10.3 Å². The van der Waals surface area contributed by atoms with E-state index >= 15 is 0 Å². The Morgan fingerprint density at radius 2 is 2.14 bits per heavy atom. The van der Waals surface area contributed by atoms with Crippen LogP contribution >= 0.6 is 0 Å². The van der Waals surface area contributed by atoms with Crippen molar-refractivity contribution >= 4 is 23.1 Å². The molecule has 0 fully saturated rings. The van der Waals surface area contributed by atoms with Crippen LogP contribution < -0.4 is 11.1 Å². The van der Waals surface area contributed by atoms with E-state index in [-0.39, 0.29) is 22.8 Å². The zero-order chi connectivity index (χ0) is 15.6. The van der Waals surface area contributed by atoms with Gasteiger partial charge < -0.3 is 11.1 Å². The number of aromatic nitrogens is 1. The molecule has 2 aromatic rings. The molecule has 2 rings (SSSR count). The lowest BCUT2D eigenvalue weighted by Crippen LogP contribution is -2.16. The monoisotopic (exact) mass is 290 g/mol. The van der Waals surface area contributed by atoms with Crippen molar-refractivity contribution in [2.24, 2.45) is 0 Å². The van der Waals surface area contributed by atoms with Crippen LogP contribution in [0.4, 0.5) is 21.6 Å². The van der Waals surface area contributed by atoms with Crippen LogP contribution in [0.25, 0.3) is 0 Å². The van der Waals surface area contributed by atoms with Crippen molar-refractivity contribution in [1.29, 1.82) is 0 Å². The van der Waals surface area contributed by atoms with Crippen molar-refractivity contribution in [3.05, 3.63) is 57.5 Å². The van der Waals surface area contributed by atoms with Crippen molar-refractivity contribution in [1.82, 2.24) is 4.98 Å². The Morgan fingerprint density at radius 1 is 1.43 bits per heavy atom. The number of nitrogen functional groups attached to an aromatic ring is 1. The highest BCUT2D eigenvalue weighted by Gasteiger charge is 2.17. The standard InChI is InChI=1S/C13H11FN4O3/c1-7-2-3-11(10(14)4-7)17-13(19)9-5-8(18(20)21)6-16-12(9)15/h2-6H,1H3,(H2,15,16)(H,17,19). The van der Waals surface area contributed by atoms with Gasteiger partial charge in [-0.25, -0.2) is 9.37 Å². The van der Waals surface area contributed by atoms with Crippen molar-refractivity contribution < 1.29 is 14.1 Å². The Balaban J connectivity index is 2.32. The van der Waals surface area contributed by atoms with Crippen molar-refractivity contribution in [2.45, 2.75) is 6.92 Å². The fraction of sp³-hybridized carbons (Fsp3) is 0.0769. The van der Waals surface area contributed by atoms with Gasteiger partial charge in [-0.05, 0) is 24.6 Å². The maximum atomic E-state index is 13.7. The summed E-state index contributed by atoms with van der Waals surface area (Å²) < 4.78 is 13.7. The van der Waals surface area contributed by atoms with Gasteiger partial charge in [-0.2, -0.15) is 0 Å². The van der Waals surface area contributed by atoms with E-state index in [4.69, 9.17) is 5.73 Å². The molecule has 0 saturated heterocycles. The number of anilines is 2. The van der Waals surface area contributed by atoms with E-state index in [9.17, 15) is 19.3 Å². The zero-order valence-corrected chi connectivity index (χ0v) is 11.0. The summed E-state index contributed by atoms with van der Waals surface area (Å²) in [6.07, 6.45) is 0.943. The number of benzene rings is 1. The molecule has 0 atom stereocenters. The molecule has 0 bridgehead atoms. The number of aryl methyl sites for hydroxylation is 1. The Hall–Kier alpha value is -3.03. The Labute approximate surface area is 118 Å². The number of hydrogen-bond donors (Lipinski definition) is 2. The fourth-order valence-electron chi connectivity index (χ4n) is 1.66. The number of nitrogens with zero attached hydrogens (tertiary/aromatic N) is 2. The molecule has 108 valence electrons. The van der Waals surface area contributed by atoms with Gasteiger partial charge in [-0.3, -0.25) is 14.9 Å². The average molecular weight is 290 g/mol. The third kappa shape index (κ3) is 3.11. The quantitative estimate of drug-likeness (QED) is 0.665. The molecule has 1 amide bonds. The number of pyridine rings is 1. The number of nitro groups is 1. The molecule has 1 aromatic carbocycles. The largest absolute Gasteiger partial charge is 0.383 e. The Kier molecular flexibility index (Phi) is 3.79. The summed E-state index contributed by atoms with van der Waals surface area (Å²) in [5.74, 6) is -1.56. The summed E-state index contributed by atoms with van der Waals surface area (Å²) in [4.78, 5) is 25.6. The molecule has 0 saturated carbocycles. The van der Waals surface area contributed by atoms with Gasteiger partial charge >= 0.3 is 0 Å². The smallest absolute Gasteiger partial charge is 0.288 e. The SMILES string of the molecule is Cc1ccc(NC(=O)c2cc([N+](=O)[O-])cnc2N)c(F)c1. The molecule has 0 aliphatic heterocycles. The summed E-state index contributed by atoms with van der Waals surface area (Å²) in [5.41, 5.74) is 5.60. The molecule has 0 spiro atoms. The molecule has 3 N–H and O–H groups in total. The van der Waals surface area contributed by atoms with Gasteiger partial charge in [-0.15, -0.1) is 0 Å². The first-order valence-corrected chi connectivity index (χ1v) is 5.86. The predicted octanol–water partition coefficient (Wildman–Crippen LogP) is 2.27. The Bertz CT molecular complexity index is 733. The number of nitrogens with two attached hydrogens (primary N) is 1. The highest BCUT2D eigenvalue weighted by Crippen LogP contribution is 2.20. The normalized spacial score (nSPS) is 10.2. The first-order valence-electron chi connectivity index (χ1n) is 5.86. The third-order valence-electron chi connectivity index (χ3n) is 2.73. The minimum absolute atomic E-state index is 0.0449. The minimum Gasteiger partial charge on any atom is -0.383 e. The number of halogens is 1. The number of hydrogen-bond acceptors (Lipinski definition) is 5. The maximum absolute atomic E-state index is 13.7. The number of nitrogens with one attached hydrogen (secondary N) is 1. The first-order chi connectivity index (χ1) is 9.88. The van der Waals surface area contributed by atoms with Crippen LogP contribution in [0.15, 0.2) is 30.5 Å². The lowest BCUT2D eigenvalue weighted by molar-refractivity contribution is -0.385. The average Bonchev–Trinajstić information content (AvgIpc) is 2.42. The van der Waals surface area contributed by atoms with Gasteiger partial charge in [0.1, 0.15) is 17.8 Å². The first kappa shape index (κ1) is 14.4. The molecule has 0 unspecified atom stereocenters. The lowest BCUT2D eigenvalue weighted by atomic mass is 10.2. The fourth-order valence-corrected chi connectivity index (χ4v) is 1.66. The van der Waals surface area contributed by atoms with Gasteiger partial charge in [0, 0.05) is 6.07 Å². The number of carbonyl (C=O) groups is 1. The highest BCUT2D eigenvalue weighted by molar-refractivity contribution is 6.07. The number of amides is 1. The maximum Gasteiger partial charge on any atom is 0.288 e. The van der Waals surface area contributed by atoms with Crippen molar-refractivity contribution in [3.8, 4) is 0 Å². The van der Waals surface area contributed by atoms with Gasteiger partial charge in [0.2, 0.25) is 0 Å². The minimum atomic E-state index is -0.772. The molecule has 0 aliphatic rings. The van der Waals surface area contributed by atoms with E-state index in [1.807, 2.05) is 0 Å². The van der Waals surface area contributed by atoms with Crippen LogP contribution in [-0.4, -0.2) is 15.8 Å². The molecule has 1 heterocycles. The predicted molar refractivity (Wildman–Crippen MR) is 74.4 cm³/mol. The molecule has 7 nitrogen and oxygen atoms in total. The van der Waals surface area contributed by atoms with Gasteiger partial charge in [0.15, 0.2) is 0 Å². The van der Waals surface area contributed by atoms with E-state index in [1.165, 1.54) is 12.1 Å². The summed E-state index contributed by atoms with van der Waals surface area (Å²) in [6.45, 7) is 1.71. The van der Waals surface area contributed by atoms with Gasteiger partial charge in [-0.1, -0.05) is 6.07 Å². The second kappa shape index (κ2) is 5.53. The molecule has 1 aromatic heterocycles. The second-order valence-corrected chi connectivity index (χ2v) is 4.32. The lowest BCUT2D eigenvalue weighted by Gasteiger charge is -2.08.